The maximum atomic E-state index is 10.7. The molecule has 1 aromatic carbocycles. The van der Waals surface area contributed by atoms with Gasteiger partial charge in [-0.15, -0.1) is 0 Å². The zero-order chi connectivity index (χ0) is 21.9. The average molecular weight is 549 g/mol. The van der Waals surface area contributed by atoms with Gasteiger partial charge in [-0.05, 0) is 12.8 Å². The predicted molar refractivity (Wildman–Crippen MR) is 111 cm³/mol. The predicted octanol–water partition coefficient (Wildman–Crippen LogP) is 0.0863. The number of fused-ring (bicyclic) bond motifs is 1. The molecule has 168 valence electrons. The molecule has 10 nitrogen and oxygen atoms in total. The summed E-state index contributed by atoms with van der Waals surface area (Å²) in [7, 11) is 0. The zero-order valence-corrected chi connectivity index (χ0v) is 19.2. The molecule has 4 aromatic rings. The Kier molecular flexibility index (Phi) is 6.21. The Morgan fingerprint density at radius 3 is 3.00 bits per heavy atom. The molecule has 1 aliphatic carbocycles. The molecule has 4 N–H and O–H groups in total. The quantitative estimate of drug-likeness (QED) is 0.0828. The standard InChI is InChI=1S/C21H22IN6O4/c23-22-11-30-10-15-8-20(25-12-24-15)31-16-3-4-17-14(7-16)5-6-28(17)21(29)26-19-9-18(32-27-19)13-1-2-13/h3-9,12-13,21,29H,1-2,10-11,23H2,(H,26,27)/q-1. The Balaban J connectivity index is 1.27. The van der Waals surface area contributed by atoms with Crippen LogP contribution in [0.2, 0.25) is 0 Å². The average Bonchev–Trinajstić information content (AvgIpc) is 3.39. The number of halogens is 1. The fourth-order valence-electron chi connectivity index (χ4n) is 3.36. The fraction of sp³-hybridized carbons (Fsp3) is 0.286. The first-order chi connectivity index (χ1) is 15.7. The zero-order valence-electron chi connectivity index (χ0n) is 17.0. The van der Waals surface area contributed by atoms with Crippen LogP contribution in [0, 0.1) is 0 Å². The number of benzene rings is 1. The van der Waals surface area contributed by atoms with Gasteiger partial charge in [-0.3, -0.25) is 0 Å². The summed E-state index contributed by atoms with van der Waals surface area (Å²) in [6, 6.07) is 11.1. The third-order valence-electron chi connectivity index (χ3n) is 5.05. The molecule has 3 aromatic heterocycles. The van der Waals surface area contributed by atoms with E-state index in [1.54, 1.807) is 16.8 Å². The Morgan fingerprint density at radius 1 is 1.25 bits per heavy atom. The molecule has 11 heteroatoms. The molecule has 0 spiro atoms. The summed E-state index contributed by atoms with van der Waals surface area (Å²) in [4.78, 5) is 8.34. The van der Waals surface area contributed by atoms with Crippen molar-refractivity contribution in [3.05, 3.63) is 60.4 Å². The first-order valence-electron chi connectivity index (χ1n) is 10.1. The molecule has 1 unspecified atom stereocenters. The summed E-state index contributed by atoms with van der Waals surface area (Å²) in [6.07, 6.45) is 4.51. The van der Waals surface area contributed by atoms with Gasteiger partial charge in [-0.1, -0.05) is 5.16 Å². The van der Waals surface area contributed by atoms with Crippen molar-refractivity contribution >= 4 is 16.7 Å². The van der Waals surface area contributed by atoms with Crippen LogP contribution in [-0.2, 0) is 11.3 Å². The van der Waals surface area contributed by atoms with E-state index >= 15 is 0 Å². The molecule has 3 heterocycles. The molecule has 1 atom stereocenters. The van der Waals surface area contributed by atoms with E-state index < -0.39 is 27.8 Å². The van der Waals surface area contributed by atoms with Crippen molar-refractivity contribution in [2.24, 2.45) is 3.95 Å². The Labute approximate surface area is 194 Å². The maximum absolute atomic E-state index is 10.7. The number of ether oxygens (including phenoxy) is 2. The first-order valence-corrected chi connectivity index (χ1v) is 12.8. The molecule has 0 bridgehead atoms. The first kappa shape index (κ1) is 21.1. The normalized spacial score (nSPS) is 14.7. The van der Waals surface area contributed by atoms with Crippen molar-refractivity contribution in [1.82, 2.24) is 19.7 Å². The molecule has 32 heavy (non-hydrogen) atoms. The second-order valence-corrected chi connectivity index (χ2v) is 8.92. The van der Waals surface area contributed by atoms with Gasteiger partial charge in [0.2, 0.25) is 6.35 Å². The van der Waals surface area contributed by atoms with Gasteiger partial charge in [0.05, 0.1) is 0 Å². The van der Waals surface area contributed by atoms with E-state index in [-0.39, 0.29) is 0 Å². The monoisotopic (exact) mass is 549 g/mol. The second kappa shape index (κ2) is 9.40. The molecule has 1 aliphatic rings. The number of aromatic nitrogens is 4. The molecular weight excluding hydrogens is 527 g/mol. The number of aliphatic hydroxyl groups is 1. The van der Waals surface area contributed by atoms with Gasteiger partial charge in [0, 0.05) is 12.0 Å². The number of nitrogens with zero attached hydrogens (tertiary/aromatic N) is 4. The van der Waals surface area contributed by atoms with Crippen molar-refractivity contribution in [2.45, 2.75) is 31.7 Å². The molecule has 0 aliphatic heterocycles. The van der Waals surface area contributed by atoms with Crippen LogP contribution < -0.4 is 35.5 Å². The molecule has 0 saturated heterocycles. The molecule has 0 amide bonds. The second-order valence-electron chi connectivity index (χ2n) is 7.41. The van der Waals surface area contributed by atoms with Crippen molar-refractivity contribution in [2.75, 3.05) is 9.93 Å². The SMILES string of the molecule is N[I-]COCc1cc(Oc2ccc3c(ccn3C(O)Nc3cc(C4CC4)on3)c2)ncn1. The summed E-state index contributed by atoms with van der Waals surface area (Å²) in [5, 5.41) is 18.5. The van der Waals surface area contributed by atoms with Crippen LogP contribution in [0.5, 0.6) is 11.6 Å². The number of hydrogen-bond donors (Lipinski definition) is 3. The summed E-state index contributed by atoms with van der Waals surface area (Å²) >= 11 is -0.403. The Hall–Kier alpha value is -2.74. The number of aliphatic hydroxyl groups excluding tert-OH is 1. The minimum absolute atomic E-state index is 0.371. The summed E-state index contributed by atoms with van der Waals surface area (Å²) in [6.45, 7) is 0.371. The van der Waals surface area contributed by atoms with Gasteiger partial charge < -0.3 is 14.9 Å². The molecule has 0 radical (unpaired) electrons. The molecular formula is C21H22IN6O4-. The third kappa shape index (κ3) is 4.85. The van der Waals surface area contributed by atoms with Gasteiger partial charge in [0.15, 0.2) is 5.82 Å². The van der Waals surface area contributed by atoms with Crippen molar-refractivity contribution in [3.8, 4) is 11.6 Å². The van der Waals surface area contributed by atoms with E-state index in [2.05, 4.69) is 20.4 Å². The van der Waals surface area contributed by atoms with Crippen LogP contribution in [-0.4, -0.2) is 29.4 Å². The summed E-state index contributed by atoms with van der Waals surface area (Å²) < 4.78 is 24.5. The van der Waals surface area contributed by atoms with E-state index in [1.165, 1.54) is 6.33 Å². The van der Waals surface area contributed by atoms with Crippen molar-refractivity contribution in [3.63, 3.8) is 0 Å². The van der Waals surface area contributed by atoms with Crippen LogP contribution in [0.3, 0.4) is 0 Å². The van der Waals surface area contributed by atoms with Crippen LogP contribution >= 0.6 is 0 Å². The van der Waals surface area contributed by atoms with Gasteiger partial charge in [-0.2, -0.15) is 0 Å². The number of anilines is 1. The van der Waals surface area contributed by atoms with E-state index in [0.29, 0.717) is 34.6 Å². The summed E-state index contributed by atoms with van der Waals surface area (Å²) in [5.41, 5.74) is 1.57. The van der Waals surface area contributed by atoms with Crippen LogP contribution in [0.25, 0.3) is 10.9 Å². The van der Waals surface area contributed by atoms with E-state index in [4.69, 9.17) is 17.9 Å². The topological polar surface area (TPSA) is 133 Å². The molecule has 1 fully saturated rings. The minimum atomic E-state index is -0.989. The van der Waals surface area contributed by atoms with Gasteiger partial charge >= 0.3 is 132 Å². The van der Waals surface area contributed by atoms with E-state index in [1.807, 2.05) is 30.3 Å². The number of alkyl halides is 1. The van der Waals surface area contributed by atoms with Crippen molar-refractivity contribution in [1.29, 1.82) is 0 Å². The van der Waals surface area contributed by atoms with E-state index in [0.717, 1.165) is 35.2 Å². The Bertz CT molecular complexity index is 1210. The Morgan fingerprint density at radius 2 is 2.16 bits per heavy atom. The summed E-state index contributed by atoms with van der Waals surface area (Å²) in [5.74, 6) is 2.89. The number of nitrogens with one attached hydrogen (secondary N) is 1. The van der Waals surface area contributed by atoms with Gasteiger partial charge in [-0.25, -0.2) is 0 Å². The van der Waals surface area contributed by atoms with Gasteiger partial charge in [0.1, 0.15) is 5.76 Å². The van der Waals surface area contributed by atoms with E-state index in [9.17, 15) is 5.11 Å². The van der Waals surface area contributed by atoms with Crippen LogP contribution in [0.1, 0.15) is 36.6 Å². The number of nitrogens with two attached hydrogens (primary N) is 1. The number of hydrogen-bond acceptors (Lipinski definition) is 9. The molecule has 1 saturated carbocycles. The van der Waals surface area contributed by atoms with Crippen molar-refractivity contribution < 1.29 is 40.6 Å². The molecule has 5 rings (SSSR count). The fourth-order valence-corrected chi connectivity index (χ4v) is 3.83. The van der Waals surface area contributed by atoms with Gasteiger partial charge in [0.25, 0.3) is 0 Å². The van der Waals surface area contributed by atoms with Crippen LogP contribution in [0.4, 0.5) is 5.82 Å². The third-order valence-corrected chi connectivity index (χ3v) is 5.85. The van der Waals surface area contributed by atoms with Crippen LogP contribution in [0.15, 0.2) is 53.4 Å². The number of rotatable bonds is 10.